The molecule has 0 aliphatic heterocycles. The van der Waals surface area contributed by atoms with Crippen molar-refractivity contribution in [1.82, 2.24) is 19.4 Å². The van der Waals surface area contributed by atoms with Gasteiger partial charge in [0.25, 0.3) is 5.69 Å². The number of hydrogen-bond donors (Lipinski definition) is 1. The number of oxazole rings is 1. The number of carbonyl (C=O) groups is 1. The highest BCUT2D eigenvalue weighted by atomic mass is 16.6. The summed E-state index contributed by atoms with van der Waals surface area (Å²) >= 11 is 0. The van der Waals surface area contributed by atoms with Crippen molar-refractivity contribution in [2.75, 3.05) is 6.54 Å². The van der Waals surface area contributed by atoms with Gasteiger partial charge in [-0.15, -0.1) is 0 Å². The molecule has 0 spiro atoms. The fourth-order valence-electron chi connectivity index (χ4n) is 3.65. The lowest BCUT2D eigenvalue weighted by molar-refractivity contribution is -0.384. The minimum absolute atomic E-state index is 0.112. The molecule has 0 aliphatic rings. The molecule has 31 heavy (non-hydrogen) atoms. The summed E-state index contributed by atoms with van der Waals surface area (Å²) in [6.07, 6.45) is 0.681. The molecular formula is C21H21N5O5. The maximum absolute atomic E-state index is 12.2. The third-order valence-electron chi connectivity index (χ3n) is 5.15. The standard InChI is InChI=1S/C21H21N5O5/c1-14-23-16-5-2-3-6-17(16)24(14)12-10-22-20(27)7-4-11-25-18-9-8-15(26(29)30)13-19(18)31-21(25)28/h2-3,5-6,8-9,13H,4,7,10-12H2,1H3,(H,22,27). The summed E-state index contributed by atoms with van der Waals surface area (Å²) in [5.74, 6) is 0.179. The SMILES string of the molecule is Cc1nc2ccccc2n1CCNC(=O)CCCn1c(=O)oc2cc([N+](=O)[O-])ccc21. The number of aryl methyl sites for hydroxylation is 2. The van der Waals surface area contributed by atoms with E-state index in [0.29, 0.717) is 25.0 Å². The van der Waals surface area contributed by atoms with E-state index in [2.05, 4.69) is 14.9 Å². The van der Waals surface area contributed by atoms with Crippen LogP contribution in [0.15, 0.2) is 51.7 Å². The van der Waals surface area contributed by atoms with E-state index < -0.39 is 10.7 Å². The smallest absolute Gasteiger partial charge is 0.407 e. The van der Waals surface area contributed by atoms with Gasteiger partial charge in [-0.05, 0) is 31.5 Å². The Morgan fingerprint density at radius 3 is 2.77 bits per heavy atom. The van der Waals surface area contributed by atoms with E-state index in [1.165, 1.54) is 22.8 Å². The molecule has 10 nitrogen and oxygen atoms in total. The molecule has 1 N–H and O–H groups in total. The summed E-state index contributed by atoms with van der Waals surface area (Å²) in [4.78, 5) is 39.1. The molecule has 0 radical (unpaired) electrons. The van der Waals surface area contributed by atoms with Crippen LogP contribution in [-0.4, -0.2) is 31.5 Å². The fourth-order valence-corrected chi connectivity index (χ4v) is 3.65. The van der Waals surface area contributed by atoms with Crippen molar-refractivity contribution >= 4 is 33.7 Å². The summed E-state index contributed by atoms with van der Waals surface area (Å²) < 4.78 is 8.54. The molecule has 0 atom stereocenters. The second-order valence-electron chi connectivity index (χ2n) is 7.18. The summed E-state index contributed by atoms with van der Waals surface area (Å²) in [5, 5.41) is 13.7. The molecule has 0 saturated heterocycles. The lowest BCUT2D eigenvalue weighted by atomic mass is 10.2. The van der Waals surface area contributed by atoms with Crippen molar-refractivity contribution < 1.29 is 14.1 Å². The molecule has 0 saturated carbocycles. The Morgan fingerprint density at radius 2 is 1.97 bits per heavy atom. The first-order chi connectivity index (χ1) is 14.9. The summed E-state index contributed by atoms with van der Waals surface area (Å²) in [5.41, 5.74) is 2.44. The summed E-state index contributed by atoms with van der Waals surface area (Å²) in [6, 6.07) is 11.9. The Hall–Kier alpha value is -3.95. The molecule has 2 aromatic heterocycles. The molecule has 4 aromatic rings. The van der Waals surface area contributed by atoms with Gasteiger partial charge in [0.2, 0.25) is 5.91 Å². The van der Waals surface area contributed by atoms with Crippen LogP contribution in [0.4, 0.5) is 5.69 Å². The molecule has 2 aromatic carbocycles. The number of nitro groups is 1. The second-order valence-corrected chi connectivity index (χ2v) is 7.18. The lowest BCUT2D eigenvalue weighted by Gasteiger charge is -2.09. The molecule has 160 valence electrons. The number of nitro benzene ring substituents is 1. The average molecular weight is 423 g/mol. The van der Waals surface area contributed by atoms with Crippen molar-refractivity contribution in [2.45, 2.75) is 32.9 Å². The predicted molar refractivity (Wildman–Crippen MR) is 114 cm³/mol. The van der Waals surface area contributed by atoms with E-state index in [1.54, 1.807) is 0 Å². The highest BCUT2D eigenvalue weighted by Crippen LogP contribution is 2.20. The first-order valence-corrected chi connectivity index (χ1v) is 9.90. The Morgan fingerprint density at radius 1 is 1.16 bits per heavy atom. The van der Waals surface area contributed by atoms with E-state index in [9.17, 15) is 19.7 Å². The van der Waals surface area contributed by atoms with E-state index in [1.807, 2.05) is 31.2 Å². The van der Waals surface area contributed by atoms with Gasteiger partial charge < -0.3 is 14.3 Å². The molecule has 0 unspecified atom stereocenters. The van der Waals surface area contributed by atoms with Gasteiger partial charge in [0.05, 0.1) is 27.5 Å². The van der Waals surface area contributed by atoms with Crippen molar-refractivity contribution in [3.8, 4) is 0 Å². The largest absolute Gasteiger partial charge is 0.419 e. The average Bonchev–Trinajstić information content (AvgIpc) is 3.23. The van der Waals surface area contributed by atoms with Crippen LogP contribution in [0.1, 0.15) is 18.7 Å². The molecule has 4 rings (SSSR count). The number of non-ortho nitro benzene ring substituents is 1. The topological polar surface area (TPSA) is 125 Å². The minimum atomic E-state index is -0.599. The molecule has 0 bridgehead atoms. The van der Waals surface area contributed by atoms with Gasteiger partial charge >= 0.3 is 5.76 Å². The van der Waals surface area contributed by atoms with Crippen LogP contribution in [-0.2, 0) is 17.9 Å². The van der Waals surface area contributed by atoms with Crippen molar-refractivity contribution in [2.24, 2.45) is 0 Å². The monoisotopic (exact) mass is 423 g/mol. The number of para-hydroxylation sites is 2. The zero-order valence-corrected chi connectivity index (χ0v) is 16.9. The van der Waals surface area contributed by atoms with Crippen LogP contribution in [0.25, 0.3) is 22.1 Å². The number of rotatable bonds is 8. The quantitative estimate of drug-likeness (QED) is 0.343. The van der Waals surface area contributed by atoms with Gasteiger partial charge in [0.1, 0.15) is 5.82 Å². The van der Waals surface area contributed by atoms with E-state index >= 15 is 0 Å². The van der Waals surface area contributed by atoms with Crippen LogP contribution in [0.5, 0.6) is 0 Å². The highest BCUT2D eigenvalue weighted by Gasteiger charge is 2.14. The Balaban J connectivity index is 1.30. The van der Waals surface area contributed by atoms with Crippen LogP contribution in [0.3, 0.4) is 0 Å². The number of hydrogen-bond acceptors (Lipinski definition) is 6. The van der Waals surface area contributed by atoms with Gasteiger partial charge in [0.15, 0.2) is 5.58 Å². The zero-order chi connectivity index (χ0) is 22.0. The van der Waals surface area contributed by atoms with E-state index in [-0.39, 0.29) is 30.1 Å². The Labute approximate surface area is 176 Å². The number of nitrogens with zero attached hydrogens (tertiary/aromatic N) is 4. The first kappa shape index (κ1) is 20.3. The number of imidazole rings is 1. The molecule has 1 amide bonds. The van der Waals surface area contributed by atoms with Gasteiger partial charge in [-0.3, -0.25) is 19.5 Å². The molecule has 10 heteroatoms. The highest BCUT2D eigenvalue weighted by molar-refractivity contribution is 5.77. The van der Waals surface area contributed by atoms with Crippen LogP contribution in [0, 0.1) is 17.0 Å². The summed E-state index contributed by atoms with van der Waals surface area (Å²) in [7, 11) is 0. The number of benzene rings is 2. The number of carbonyl (C=O) groups excluding carboxylic acids is 1. The van der Waals surface area contributed by atoms with Gasteiger partial charge in [-0.25, -0.2) is 9.78 Å². The van der Waals surface area contributed by atoms with E-state index in [4.69, 9.17) is 4.42 Å². The maximum atomic E-state index is 12.2. The maximum Gasteiger partial charge on any atom is 0.419 e. The molecule has 0 fully saturated rings. The fraction of sp³-hybridized carbons (Fsp3) is 0.286. The number of fused-ring (bicyclic) bond motifs is 2. The molecule has 0 aliphatic carbocycles. The van der Waals surface area contributed by atoms with Gasteiger partial charge in [-0.1, -0.05) is 12.1 Å². The third-order valence-corrected chi connectivity index (χ3v) is 5.15. The third kappa shape index (κ3) is 4.18. The van der Waals surface area contributed by atoms with Gasteiger partial charge in [0, 0.05) is 32.1 Å². The van der Waals surface area contributed by atoms with Crippen molar-refractivity contribution in [3.05, 3.63) is 69.0 Å². The van der Waals surface area contributed by atoms with Crippen LogP contribution in [0.2, 0.25) is 0 Å². The lowest BCUT2D eigenvalue weighted by Crippen LogP contribution is -2.27. The summed E-state index contributed by atoms with van der Waals surface area (Å²) in [6.45, 7) is 3.30. The van der Waals surface area contributed by atoms with Crippen molar-refractivity contribution in [1.29, 1.82) is 0 Å². The molecule has 2 heterocycles. The van der Waals surface area contributed by atoms with Crippen LogP contribution >= 0.6 is 0 Å². The zero-order valence-electron chi connectivity index (χ0n) is 16.9. The predicted octanol–water partition coefficient (Wildman–Crippen LogP) is 2.76. The Kier molecular flexibility index (Phi) is 5.52. The molecular weight excluding hydrogens is 402 g/mol. The Bertz CT molecular complexity index is 1330. The first-order valence-electron chi connectivity index (χ1n) is 9.90. The number of nitrogens with one attached hydrogen (secondary N) is 1. The number of aromatic nitrogens is 3. The van der Waals surface area contributed by atoms with Crippen LogP contribution < -0.4 is 11.1 Å². The minimum Gasteiger partial charge on any atom is -0.407 e. The normalized spacial score (nSPS) is 11.3. The second kappa shape index (κ2) is 8.42. The van der Waals surface area contributed by atoms with E-state index in [0.717, 1.165) is 16.9 Å². The van der Waals surface area contributed by atoms with Gasteiger partial charge in [-0.2, -0.15) is 0 Å². The number of amides is 1. The van der Waals surface area contributed by atoms with Crippen molar-refractivity contribution in [3.63, 3.8) is 0 Å².